The Morgan fingerprint density at radius 1 is 2.00 bits per heavy atom. The number of nitrogens with one attached hydrogen (secondary N) is 1. The Kier molecular flexibility index (Phi) is 3.26. The van der Waals surface area contributed by atoms with Gasteiger partial charge in [0.2, 0.25) is 5.91 Å². The van der Waals surface area contributed by atoms with E-state index in [1.54, 1.807) is 0 Å². The second-order valence-electron chi connectivity index (χ2n) is 1.04. The van der Waals surface area contributed by atoms with Crippen molar-refractivity contribution in [2.24, 2.45) is 5.90 Å². The fourth-order valence-corrected chi connectivity index (χ4v) is 0.143. The van der Waals surface area contributed by atoms with E-state index in [0.717, 1.165) is 0 Å². The molecule has 0 rings (SSSR count). The fraction of sp³-hybridized carbons (Fsp3) is 0.667. The topological polar surface area (TPSA) is 64.3 Å². The zero-order chi connectivity index (χ0) is 5.70. The summed E-state index contributed by atoms with van der Waals surface area (Å²) in [7, 11) is 0. The largest absolute Gasteiger partial charge is 0.332 e. The van der Waals surface area contributed by atoms with Crippen LogP contribution in [0.25, 0.3) is 0 Å². The normalized spacial score (nSPS) is 8.29. The van der Waals surface area contributed by atoms with E-state index in [1.807, 2.05) is 0 Å². The molecule has 0 aliphatic carbocycles. The molecular weight excluding hydrogens is 96.0 g/mol. The Morgan fingerprint density at radius 2 is 2.57 bits per heavy atom. The number of amides is 1. The molecule has 7 heavy (non-hydrogen) atoms. The lowest BCUT2D eigenvalue weighted by Crippen LogP contribution is -2.24. The molecule has 0 fully saturated rings. The molecule has 0 aliphatic heterocycles. The highest BCUT2D eigenvalue weighted by atomic mass is 16.6. The number of rotatable bonds is 2. The summed E-state index contributed by atoms with van der Waals surface area (Å²) in [5, 5.41) is 2.31. The minimum atomic E-state index is -0.148. The Bertz CT molecular complexity index is 64.0. The second-order valence-corrected chi connectivity index (χ2v) is 1.04. The summed E-state index contributed by atoms with van der Waals surface area (Å²) >= 11 is 0. The molecule has 0 radical (unpaired) electrons. The molecule has 3 N–H and O–H groups in total. The first-order chi connectivity index (χ1) is 3.27. The van der Waals surface area contributed by atoms with E-state index in [2.05, 4.69) is 16.1 Å². The van der Waals surface area contributed by atoms with Crippen molar-refractivity contribution >= 4 is 5.91 Å². The summed E-state index contributed by atoms with van der Waals surface area (Å²) in [5.41, 5.74) is 0. The maximum atomic E-state index is 9.96. The van der Waals surface area contributed by atoms with Gasteiger partial charge in [-0.25, -0.2) is 5.90 Å². The molecule has 0 unspecified atom stereocenters. The van der Waals surface area contributed by atoms with Crippen LogP contribution in [0.5, 0.6) is 0 Å². The zero-order valence-electron chi connectivity index (χ0n) is 4.10. The van der Waals surface area contributed by atoms with Crippen LogP contribution in [0.15, 0.2) is 0 Å². The number of hydrogen-bond acceptors (Lipinski definition) is 3. The minimum Gasteiger partial charge on any atom is -0.332 e. The quantitative estimate of drug-likeness (QED) is 0.348. The number of nitrogens with two attached hydrogens (primary N) is 1. The monoisotopic (exact) mass is 104 g/mol. The molecule has 0 spiro atoms. The van der Waals surface area contributed by atoms with Crippen LogP contribution in [0.3, 0.4) is 0 Å². The van der Waals surface area contributed by atoms with E-state index in [1.165, 1.54) is 6.92 Å². The van der Waals surface area contributed by atoms with E-state index in [-0.39, 0.29) is 12.6 Å². The summed E-state index contributed by atoms with van der Waals surface area (Å²) in [6.07, 6.45) is 0. The minimum absolute atomic E-state index is 0.0787. The number of carbonyl (C=O) groups excluding carboxylic acids is 1. The van der Waals surface area contributed by atoms with Crippen LogP contribution in [-0.4, -0.2) is 12.6 Å². The molecule has 0 bridgehead atoms. The van der Waals surface area contributed by atoms with E-state index in [0.29, 0.717) is 0 Å². The second kappa shape index (κ2) is 3.58. The molecule has 0 saturated carbocycles. The van der Waals surface area contributed by atoms with Gasteiger partial charge in [-0.3, -0.25) is 9.63 Å². The molecule has 0 aromatic rings. The van der Waals surface area contributed by atoms with Gasteiger partial charge < -0.3 is 5.32 Å². The molecule has 0 saturated heterocycles. The van der Waals surface area contributed by atoms with Crippen LogP contribution in [0.2, 0.25) is 0 Å². The van der Waals surface area contributed by atoms with Crippen LogP contribution in [0, 0.1) is 0 Å². The van der Waals surface area contributed by atoms with Gasteiger partial charge in [-0.15, -0.1) is 0 Å². The molecule has 4 nitrogen and oxygen atoms in total. The lowest BCUT2D eigenvalue weighted by atomic mass is 10.7. The van der Waals surface area contributed by atoms with Crippen molar-refractivity contribution in [3.63, 3.8) is 0 Å². The van der Waals surface area contributed by atoms with Gasteiger partial charge >= 0.3 is 0 Å². The highest BCUT2D eigenvalue weighted by Gasteiger charge is 1.83. The van der Waals surface area contributed by atoms with Crippen LogP contribution in [-0.2, 0) is 9.63 Å². The highest BCUT2D eigenvalue weighted by molar-refractivity contribution is 5.72. The Morgan fingerprint density at radius 3 is 2.71 bits per heavy atom. The molecule has 4 heteroatoms. The van der Waals surface area contributed by atoms with E-state index in [4.69, 9.17) is 0 Å². The van der Waals surface area contributed by atoms with Crippen molar-refractivity contribution in [3.8, 4) is 0 Å². The smallest absolute Gasteiger partial charge is 0.218 e. The first-order valence-corrected chi connectivity index (χ1v) is 1.83. The summed E-state index contributed by atoms with van der Waals surface area (Å²) < 4.78 is 0. The number of carbonyl (C=O) groups is 1. The van der Waals surface area contributed by atoms with Crippen LogP contribution in [0.1, 0.15) is 6.92 Å². The highest BCUT2D eigenvalue weighted by Crippen LogP contribution is 1.56. The third-order valence-corrected chi connectivity index (χ3v) is 0.404. The predicted octanol–water partition coefficient (Wildman–Crippen LogP) is -1.03. The van der Waals surface area contributed by atoms with Gasteiger partial charge in [0.1, 0.15) is 6.73 Å². The van der Waals surface area contributed by atoms with Gasteiger partial charge in [0.05, 0.1) is 0 Å². The van der Waals surface area contributed by atoms with Gasteiger partial charge in [0.15, 0.2) is 0 Å². The average molecular weight is 104 g/mol. The molecule has 0 aliphatic rings. The van der Waals surface area contributed by atoms with Gasteiger partial charge in [-0.1, -0.05) is 0 Å². The average Bonchev–Trinajstić information content (AvgIpc) is 1.61. The summed E-state index contributed by atoms with van der Waals surface area (Å²) in [5.74, 6) is 4.41. The third kappa shape index (κ3) is 5.39. The SMILES string of the molecule is CC(=O)NCON. The Hall–Kier alpha value is -0.610. The molecule has 0 aromatic heterocycles. The van der Waals surface area contributed by atoms with Crippen LogP contribution in [0.4, 0.5) is 0 Å². The summed E-state index contributed by atoms with van der Waals surface area (Å²) in [4.78, 5) is 14.0. The van der Waals surface area contributed by atoms with Gasteiger partial charge in [-0.05, 0) is 0 Å². The van der Waals surface area contributed by atoms with Crippen molar-refractivity contribution < 1.29 is 9.63 Å². The fourth-order valence-electron chi connectivity index (χ4n) is 0.143. The van der Waals surface area contributed by atoms with Crippen molar-refractivity contribution in [2.75, 3.05) is 6.73 Å². The van der Waals surface area contributed by atoms with Crippen molar-refractivity contribution in [3.05, 3.63) is 0 Å². The molecule has 1 amide bonds. The summed E-state index contributed by atoms with van der Waals surface area (Å²) in [6, 6.07) is 0. The van der Waals surface area contributed by atoms with Gasteiger partial charge in [0.25, 0.3) is 0 Å². The maximum absolute atomic E-state index is 9.96. The van der Waals surface area contributed by atoms with E-state index < -0.39 is 0 Å². The van der Waals surface area contributed by atoms with Gasteiger partial charge in [0, 0.05) is 6.92 Å². The molecule has 0 atom stereocenters. The van der Waals surface area contributed by atoms with E-state index in [9.17, 15) is 4.79 Å². The van der Waals surface area contributed by atoms with Crippen LogP contribution >= 0.6 is 0 Å². The lowest BCUT2D eigenvalue weighted by Gasteiger charge is -1.94. The molecule has 0 heterocycles. The number of hydrogen-bond donors (Lipinski definition) is 2. The third-order valence-electron chi connectivity index (χ3n) is 0.404. The molecular formula is C3H8N2O2. The Labute approximate surface area is 41.6 Å². The first kappa shape index (κ1) is 6.39. The molecule has 42 valence electrons. The standard InChI is InChI=1S/C3H8N2O2/c1-3(6)5-2-7-4/h2,4H2,1H3,(H,5,6). The van der Waals surface area contributed by atoms with Crippen molar-refractivity contribution in [1.29, 1.82) is 0 Å². The summed E-state index contributed by atoms with van der Waals surface area (Å²) in [6.45, 7) is 1.47. The predicted molar refractivity (Wildman–Crippen MR) is 24.0 cm³/mol. The van der Waals surface area contributed by atoms with Gasteiger partial charge in [-0.2, -0.15) is 0 Å². The van der Waals surface area contributed by atoms with Crippen LogP contribution < -0.4 is 11.2 Å². The zero-order valence-corrected chi connectivity index (χ0v) is 4.10. The first-order valence-electron chi connectivity index (χ1n) is 1.83. The molecule has 0 aromatic carbocycles. The Balaban J connectivity index is 2.82. The van der Waals surface area contributed by atoms with Crippen molar-refractivity contribution in [2.45, 2.75) is 6.92 Å². The lowest BCUT2D eigenvalue weighted by molar-refractivity contribution is -0.120. The van der Waals surface area contributed by atoms with E-state index >= 15 is 0 Å². The maximum Gasteiger partial charge on any atom is 0.218 e. The van der Waals surface area contributed by atoms with Crippen molar-refractivity contribution in [1.82, 2.24) is 5.32 Å².